The number of aryl methyl sites for hydroxylation is 1. The summed E-state index contributed by atoms with van der Waals surface area (Å²) in [6, 6.07) is 11.3. The monoisotopic (exact) mass is 353 g/mol. The molecule has 0 saturated carbocycles. The van der Waals surface area contributed by atoms with Crippen LogP contribution in [0.2, 0.25) is 0 Å². The first-order valence-corrected chi connectivity index (χ1v) is 8.84. The van der Waals surface area contributed by atoms with Crippen molar-refractivity contribution in [1.82, 2.24) is 10.3 Å². The van der Waals surface area contributed by atoms with Gasteiger partial charge in [-0.05, 0) is 42.3 Å². The van der Waals surface area contributed by atoms with Gasteiger partial charge >= 0.3 is 0 Å². The Balaban J connectivity index is 1.44. The van der Waals surface area contributed by atoms with Crippen molar-refractivity contribution in [2.75, 3.05) is 37.7 Å². The molecule has 3 rings (SSSR count). The normalized spacial score (nSPS) is 14.1. The Bertz CT molecular complexity index is 726. The van der Waals surface area contributed by atoms with Gasteiger partial charge in [0.1, 0.15) is 0 Å². The molecule has 1 amide bonds. The van der Waals surface area contributed by atoms with E-state index >= 15 is 0 Å². The van der Waals surface area contributed by atoms with Gasteiger partial charge in [-0.1, -0.05) is 6.07 Å². The Morgan fingerprint density at radius 2 is 1.88 bits per heavy atom. The number of nitrogens with zero attached hydrogens (tertiary/aromatic N) is 2. The molecule has 2 aromatic rings. The van der Waals surface area contributed by atoms with Gasteiger partial charge in [0, 0.05) is 43.2 Å². The summed E-state index contributed by atoms with van der Waals surface area (Å²) in [5.41, 5.74) is 2.70. The number of hydrogen-bond acceptors (Lipinski definition) is 5. The lowest BCUT2D eigenvalue weighted by molar-refractivity contribution is -0.120. The van der Waals surface area contributed by atoms with Crippen LogP contribution in [0.5, 0.6) is 0 Å². The van der Waals surface area contributed by atoms with Gasteiger partial charge in [0.2, 0.25) is 5.91 Å². The average molecular weight is 353 g/mol. The molecule has 26 heavy (non-hydrogen) atoms. The molecule has 136 valence electrons. The standard InChI is InChI=1S/C20H23N3O3/c24-19(15-22-20(25)8-3-16-2-1-9-21-14-16)17-4-6-18(7-5-17)23-10-12-26-13-11-23/h1-2,4-7,9,14H,3,8,10-13,15H2,(H,22,25). The van der Waals surface area contributed by atoms with Gasteiger partial charge < -0.3 is 15.0 Å². The van der Waals surface area contributed by atoms with Crippen LogP contribution in [-0.4, -0.2) is 49.5 Å². The summed E-state index contributed by atoms with van der Waals surface area (Å²) in [4.78, 5) is 30.4. The SMILES string of the molecule is O=C(CCc1cccnc1)NCC(=O)c1ccc(N2CCOCC2)cc1. The fraction of sp³-hybridized carbons (Fsp3) is 0.350. The molecule has 0 unspecified atom stereocenters. The van der Waals surface area contributed by atoms with Gasteiger partial charge in [0.05, 0.1) is 19.8 Å². The third kappa shape index (κ3) is 5.13. The highest BCUT2D eigenvalue weighted by molar-refractivity contribution is 5.99. The second-order valence-electron chi connectivity index (χ2n) is 6.21. The molecule has 1 aliphatic heterocycles. The van der Waals surface area contributed by atoms with E-state index in [-0.39, 0.29) is 18.2 Å². The molecule has 2 heterocycles. The molecular formula is C20H23N3O3. The number of anilines is 1. The van der Waals surface area contributed by atoms with Crippen molar-refractivity contribution in [3.8, 4) is 0 Å². The molecule has 6 heteroatoms. The predicted molar refractivity (Wildman–Crippen MR) is 99.4 cm³/mol. The number of ketones is 1. The maximum atomic E-state index is 12.3. The number of ether oxygens (including phenoxy) is 1. The van der Waals surface area contributed by atoms with Gasteiger partial charge in [-0.3, -0.25) is 14.6 Å². The van der Waals surface area contributed by atoms with Crippen LogP contribution in [-0.2, 0) is 16.0 Å². The molecule has 1 aliphatic rings. The van der Waals surface area contributed by atoms with Crippen molar-refractivity contribution in [1.29, 1.82) is 0 Å². The Morgan fingerprint density at radius 1 is 1.12 bits per heavy atom. The number of morpholine rings is 1. The molecular weight excluding hydrogens is 330 g/mol. The zero-order chi connectivity index (χ0) is 18.2. The number of rotatable bonds is 7. The Kier molecular flexibility index (Phi) is 6.33. The molecule has 0 radical (unpaired) electrons. The van der Waals surface area contributed by atoms with Crippen LogP contribution in [0.1, 0.15) is 22.3 Å². The molecule has 1 aromatic heterocycles. The number of hydrogen-bond donors (Lipinski definition) is 1. The zero-order valence-corrected chi connectivity index (χ0v) is 14.7. The predicted octanol–water partition coefficient (Wildman–Crippen LogP) is 1.85. The van der Waals surface area contributed by atoms with E-state index in [9.17, 15) is 9.59 Å². The van der Waals surface area contributed by atoms with Crippen LogP contribution in [0.25, 0.3) is 0 Å². The van der Waals surface area contributed by atoms with Gasteiger partial charge in [0.15, 0.2) is 5.78 Å². The molecule has 0 aliphatic carbocycles. The van der Waals surface area contributed by atoms with Gasteiger partial charge in [-0.15, -0.1) is 0 Å². The number of nitrogens with one attached hydrogen (secondary N) is 1. The van der Waals surface area contributed by atoms with Crippen molar-refractivity contribution in [2.24, 2.45) is 0 Å². The topological polar surface area (TPSA) is 71.5 Å². The third-order valence-electron chi connectivity index (χ3n) is 4.38. The third-order valence-corrected chi connectivity index (χ3v) is 4.38. The molecule has 0 atom stereocenters. The number of benzene rings is 1. The van der Waals surface area contributed by atoms with E-state index in [1.807, 2.05) is 36.4 Å². The molecule has 1 N–H and O–H groups in total. The van der Waals surface area contributed by atoms with Gasteiger partial charge in [-0.2, -0.15) is 0 Å². The minimum Gasteiger partial charge on any atom is -0.378 e. The molecule has 1 fully saturated rings. The van der Waals surface area contributed by atoms with E-state index in [0.29, 0.717) is 18.4 Å². The zero-order valence-electron chi connectivity index (χ0n) is 14.7. The van der Waals surface area contributed by atoms with E-state index in [0.717, 1.165) is 37.6 Å². The summed E-state index contributed by atoms with van der Waals surface area (Å²) in [6.07, 6.45) is 4.40. The number of carbonyl (C=O) groups excluding carboxylic acids is 2. The van der Waals surface area contributed by atoms with E-state index < -0.39 is 0 Å². The number of amides is 1. The Labute approximate surface area is 153 Å². The first-order chi connectivity index (χ1) is 12.7. The van der Waals surface area contributed by atoms with Crippen LogP contribution in [0.4, 0.5) is 5.69 Å². The number of pyridine rings is 1. The maximum absolute atomic E-state index is 12.3. The summed E-state index contributed by atoms with van der Waals surface area (Å²) in [5.74, 6) is -0.222. The lowest BCUT2D eigenvalue weighted by Gasteiger charge is -2.28. The summed E-state index contributed by atoms with van der Waals surface area (Å²) in [6.45, 7) is 3.20. The van der Waals surface area contributed by atoms with Crippen LogP contribution in [0.15, 0.2) is 48.8 Å². The largest absolute Gasteiger partial charge is 0.378 e. The van der Waals surface area contributed by atoms with Gasteiger partial charge in [0.25, 0.3) is 0 Å². The highest BCUT2D eigenvalue weighted by Gasteiger charge is 2.13. The molecule has 1 aromatic carbocycles. The van der Waals surface area contributed by atoms with Gasteiger partial charge in [-0.25, -0.2) is 0 Å². The van der Waals surface area contributed by atoms with Crippen LogP contribution in [0, 0.1) is 0 Å². The van der Waals surface area contributed by atoms with E-state index in [1.54, 1.807) is 12.4 Å². The van der Waals surface area contributed by atoms with Crippen molar-refractivity contribution in [2.45, 2.75) is 12.8 Å². The van der Waals surface area contributed by atoms with Crippen molar-refractivity contribution < 1.29 is 14.3 Å². The first kappa shape index (κ1) is 18.1. The second-order valence-corrected chi connectivity index (χ2v) is 6.21. The lowest BCUT2D eigenvalue weighted by Crippen LogP contribution is -2.36. The number of Topliss-reactive ketones (excluding diaryl/α,β-unsaturated/α-hetero) is 1. The highest BCUT2D eigenvalue weighted by Crippen LogP contribution is 2.16. The smallest absolute Gasteiger partial charge is 0.220 e. The lowest BCUT2D eigenvalue weighted by atomic mass is 10.1. The minimum atomic E-state index is -0.132. The van der Waals surface area contributed by atoms with Crippen molar-refractivity contribution >= 4 is 17.4 Å². The summed E-state index contributed by atoms with van der Waals surface area (Å²) < 4.78 is 5.35. The van der Waals surface area contributed by atoms with E-state index in [4.69, 9.17) is 4.74 Å². The summed E-state index contributed by atoms with van der Waals surface area (Å²) >= 11 is 0. The average Bonchev–Trinajstić information content (AvgIpc) is 2.72. The van der Waals surface area contributed by atoms with E-state index in [1.165, 1.54) is 0 Å². The first-order valence-electron chi connectivity index (χ1n) is 8.84. The van der Waals surface area contributed by atoms with Crippen molar-refractivity contribution in [3.63, 3.8) is 0 Å². The number of carbonyl (C=O) groups is 2. The molecule has 0 spiro atoms. The minimum absolute atomic E-state index is 0.0166. The highest BCUT2D eigenvalue weighted by atomic mass is 16.5. The quantitative estimate of drug-likeness (QED) is 0.769. The second kappa shape index (κ2) is 9.10. The molecule has 6 nitrogen and oxygen atoms in total. The van der Waals surface area contributed by atoms with Crippen LogP contribution >= 0.6 is 0 Å². The Hall–Kier alpha value is -2.73. The molecule has 0 bridgehead atoms. The summed E-state index contributed by atoms with van der Waals surface area (Å²) in [7, 11) is 0. The Morgan fingerprint density at radius 3 is 2.58 bits per heavy atom. The van der Waals surface area contributed by atoms with Crippen molar-refractivity contribution in [3.05, 3.63) is 59.9 Å². The summed E-state index contributed by atoms with van der Waals surface area (Å²) in [5, 5.41) is 2.69. The molecule has 1 saturated heterocycles. The van der Waals surface area contributed by atoms with Crippen LogP contribution in [0.3, 0.4) is 0 Å². The fourth-order valence-corrected chi connectivity index (χ4v) is 2.85. The van der Waals surface area contributed by atoms with E-state index in [2.05, 4.69) is 15.2 Å². The van der Waals surface area contributed by atoms with Crippen LogP contribution < -0.4 is 10.2 Å². The number of aromatic nitrogens is 1. The maximum Gasteiger partial charge on any atom is 0.220 e. The fourth-order valence-electron chi connectivity index (χ4n) is 2.85.